The van der Waals surface area contributed by atoms with Crippen molar-refractivity contribution >= 4 is 35.1 Å². The molecule has 13 heteroatoms. The SMILES string of the molecule is CCC(CC)(CC)C[C@@H]1N[C@@H](C(=O)O)[C@H](c2cccc(Cl)c2F)[C@@]1(C#N)c1ccc(Cl)cc1F.O=C(O)C(F)(F)F. The minimum atomic E-state index is -5.08. The highest BCUT2D eigenvalue weighted by atomic mass is 35.5. The molecule has 0 radical (unpaired) electrons. The van der Waals surface area contributed by atoms with Gasteiger partial charge in [0.15, 0.2) is 0 Å². The lowest BCUT2D eigenvalue weighted by atomic mass is 9.61. The van der Waals surface area contributed by atoms with E-state index in [2.05, 4.69) is 11.4 Å². The highest BCUT2D eigenvalue weighted by molar-refractivity contribution is 6.31. The van der Waals surface area contributed by atoms with Crippen LogP contribution >= 0.6 is 23.2 Å². The van der Waals surface area contributed by atoms with Gasteiger partial charge in [0.2, 0.25) is 0 Å². The van der Waals surface area contributed by atoms with Gasteiger partial charge in [0.05, 0.1) is 11.1 Å². The molecule has 1 fully saturated rings. The quantitative estimate of drug-likeness (QED) is 0.263. The molecule has 1 saturated heterocycles. The Morgan fingerprint density at radius 2 is 1.61 bits per heavy atom. The Labute approximate surface area is 244 Å². The van der Waals surface area contributed by atoms with Crippen molar-refractivity contribution < 1.29 is 41.8 Å². The van der Waals surface area contributed by atoms with E-state index in [1.807, 2.05) is 20.8 Å². The van der Waals surface area contributed by atoms with Crippen LogP contribution < -0.4 is 5.32 Å². The number of aliphatic carboxylic acids is 2. The first kappa shape index (κ1) is 34.3. The minimum absolute atomic E-state index is 0.0118. The van der Waals surface area contributed by atoms with E-state index in [4.69, 9.17) is 33.1 Å². The molecule has 0 aliphatic carbocycles. The van der Waals surface area contributed by atoms with E-state index >= 15 is 8.78 Å². The monoisotopic (exact) mass is 622 g/mol. The van der Waals surface area contributed by atoms with Crippen LogP contribution in [0, 0.1) is 28.4 Å². The first-order valence-electron chi connectivity index (χ1n) is 12.6. The standard InChI is InChI=1S/C26H28Cl2F2N2O2.C2HF3O2/c1-4-25(5-2,6-3)13-20-26(14-31,17-11-10-15(27)12-19(17)29)21(23(32-20)24(33)34)16-8-7-9-18(28)22(16)30;3-2(4,5)1(6)7/h7-12,20-21,23,32H,4-6,13H2,1-3H3,(H,33,34);(H,6,7)/t20-,21-,23+,26-;/m0./s1. The number of nitrogens with one attached hydrogen (secondary N) is 1. The number of nitriles is 1. The van der Waals surface area contributed by atoms with Crippen molar-refractivity contribution in [1.29, 1.82) is 5.26 Å². The van der Waals surface area contributed by atoms with Gasteiger partial charge in [-0.3, -0.25) is 10.1 Å². The summed E-state index contributed by atoms with van der Waals surface area (Å²) in [6, 6.07) is 8.39. The predicted molar refractivity (Wildman–Crippen MR) is 143 cm³/mol. The second-order valence-electron chi connectivity index (χ2n) is 9.83. The smallest absolute Gasteiger partial charge is 0.480 e. The molecular formula is C28H29Cl2F5N2O4. The van der Waals surface area contributed by atoms with Gasteiger partial charge in [-0.25, -0.2) is 13.6 Å². The summed E-state index contributed by atoms with van der Waals surface area (Å²) in [6.07, 6.45) is -2.31. The third-order valence-electron chi connectivity index (χ3n) is 8.03. The number of rotatable bonds is 8. The van der Waals surface area contributed by atoms with Gasteiger partial charge in [-0.2, -0.15) is 18.4 Å². The average molecular weight is 623 g/mol. The van der Waals surface area contributed by atoms with Crippen molar-refractivity contribution in [3.8, 4) is 6.07 Å². The zero-order chi connectivity index (χ0) is 31.3. The van der Waals surface area contributed by atoms with E-state index in [0.29, 0.717) is 6.42 Å². The molecule has 2 aromatic carbocycles. The summed E-state index contributed by atoms with van der Waals surface area (Å²) in [4.78, 5) is 21.3. The number of carbonyl (C=O) groups is 2. The van der Waals surface area contributed by atoms with Crippen LogP contribution in [0.25, 0.3) is 0 Å². The third kappa shape index (κ3) is 6.93. The Kier molecular flexibility index (Phi) is 11.2. The van der Waals surface area contributed by atoms with E-state index in [-0.39, 0.29) is 26.6 Å². The van der Waals surface area contributed by atoms with Gasteiger partial charge in [0.1, 0.15) is 23.1 Å². The van der Waals surface area contributed by atoms with Gasteiger partial charge < -0.3 is 10.2 Å². The summed E-state index contributed by atoms with van der Waals surface area (Å²) >= 11 is 12.0. The Hall–Kier alpha value is -2.94. The van der Waals surface area contributed by atoms with E-state index in [0.717, 1.165) is 25.3 Å². The van der Waals surface area contributed by atoms with Crippen LogP contribution in [0.1, 0.15) is 63.5 Å². The number of hydrogen-bond donors (Lipinski definition) is 3. The largest absolute Gasteiger partial charge is 0.490 e. The molecule has 2 aromatic rings. The van der Waals surface area contributed by atoms with Crippen LogP contribution in [0.5, 0.6) is 0 Å². The number of carboxylic acids is 2. The number of halogens is 7. The molecule has 3 N–H and O–H groups in total. The Balaban J connectivity index is 0.000000745. The normalized spacial score (nSPS) is 22.4. The highest BCUT2D eigenvalue weighted by Gasteiger charge is 2.61. The van der Waals surface area contributed by atoms with Crippen LogP contribution in [0.4, 0.5) is 22.0 Å². The lowest BCUT2D eigenvalue weighted by Crippen LogP contribution is -2.46. The molecule has 0 amide bonds. The fourth-order valence-electron chi connectivity index (χ4n) is 5.55. The lowest BCUT2D eigenvalue weighted by molar-refractivity contribution is -0.192. The van der Waals surface area contributed by atoms with Crippen molar-refractivity contribution in [2.24, 2.45) is 5.41 Å². The van der Waals surface area contributed by atoms with E-state index in [1.54, 1.807) is 0 Å². The van der Waals surface area contributed by atoms with Crippen molar-refractivity contribution in [2.75, 3.05) is 0 Å². The zero-order valence-corrected chi connectivity index (χ0v) is 23.8. The molecule has 3 rings (SSSR count). The maximum absolute atomic E-state index is 15.5. The summed E-state index contributed by atoms with van der Waals surface area (Å²) in [7, 11) is 0. The first-order chi connectivity index (χ1) is 19.0. The van der Waals surface area contributed by atoms with E-state index in [1.165, 1.54) is 30.3 Å². The molecule has 0 spiro atoms. The summed E-state index contributed by atoms with van der Waals surface area (Å²) < 4.78 is 62.5. The molecule has 6 nitrogen and oxygen atoms in total. The Morgan fingerprint density at radius 3 is 2.05 bits per heavy atom. The molecule has 1 heterocycles. The van der Waals surface area contributed by atoms with Crippen molar-refractivity contribution in [1.82, 2.24) is 5.32 Å². The third-order valence-corrected chi connectivity index (χ3v) is 8.56. The second kappa shape index (κ2) is 13.4. The van der Waals surface area contributed by atoms with Crippen LogP contribution in [-0.2, 0) is 15.0 Å². The predicted octanol–water partition coefficient (Wildman–Crippen LogP) is 7.48. The van der Waals surface area contributed by atoms with Crippen LogP contribution in [-0.4, -0.2) is 40.4 Å². The maximum atomic E-state index is 15.5. The van der Waals surface area contributed by atoms with Gasteiger partial charge >= 0.3 is 18.1 Å². The molecule has 1 aliphatic rings. The number of benzene rings is 2. The van der Waals surface area contributed by atoms with E-state index < -0.39 is 53.2 Å². The molecule has 0 unspecified atom stereocenters. The summed E-state index contributed by atoms with van der Waals surface area (Å²) in [5.41, 5.74) is -2.00. The lowest BCUT2D eigenvalue weighted by Gasteiger charge is -2.40. The number of alkyl halides is 3. The summed E-state index contributed by atoms with van der Waals surface area (Å²) in [5.74, 6) is -6.81. The molecule has 4 atom stereocenters. The highest BCUT2D eigenvalue weighted by Crippen LogP contribution is 2.54. The van der Waals surface area contributed by atoms with Gasteiger partial charge in [-0.1, -0.05) is 81.4 Å². The number of hydrogen-bond acceptors (Lipinski definition) is 4. The van der Waals surface area contributed by atoms with Crippen LogP contribution in [0.3, 0.4) is 0 Å². The molecule has 0 bridgehead atoms. The molecule has 0 saturated carbocycles. The van der Waals surface area contributed by atoms with Crippen molar-refractivity contribution in [3.05, 3.63) is 69.2 Å². The van der Waals surface area contributed by atoms with Crippen molar-refractivity contribution in [3.63, 3.8) is 0 Å². The first-order valence-corrected chi connectivity index (χ1v) is 13.4. The van der Waals surface area contributed by atoms with Gasteiger partial charge in [0, 0.05) is 22.5 Å². The van der Waals surface area contributed by atoms with Crippen molar-refractivity contribution in [2.45, 2.75) is 76.0 Å². The molecule has 41 heavy (non-hydrogen) atoms. The summed E-state index contributed by atoms with van der Waals surface area (Å²) in [6.45, 7) is 6.13. The molecule has 1 aliphatic heterocycles. The van der Waals surface area contributed by atoms with Gasteiger partial charge in [-0.15, -0.1) is 0 Å². The second-order valence-corrected chi connectivity index (χ2v) is 10.7. The Bertz CT molecular complexity index is 1310. The fraction of sp³-hybridized carbons (Fsp3) is 0.464. The zero-order valence-electron chi connectivity index (χ0n) is 22.3. The summed E-state index contributed by atoms with van der Waals surface area (Å²) in [5, 5.41) is 31.0. The van der Waals surface area contributed by atoms with Gasteiger partial charge in [-0.05, 0) is 35.6 Å². The fourth-order valence-corrected chi connectivity index (χ4v) is 5.89. The van der Waals surface area contributed by atoms with E-state index in [9.17, 15) is 28.3 Å². The number of nitrogens with zero attached hydrogens (tertiary/aromatic N) is 1. The van der Waals surface area contributed by atoms with Crippen LogP contribution in [0.15, 0.2) is 36.4 Å². The van der Waals surface area contributed by atoms with Gasteiger partial charge in [0.25, 0.3) is 0 Å². The number of carboxylic acid groups (broad SMARTS) is 2. The topological polar surface area (TPSA) is 110 Å². The molecular weight excluding hydrogens is 594 g/mol. The average Bonchev–Trinajstić information content (AvgIpc) is 3.23. The van der Waals surface area contributed by atoms with Crippen LogP contribution in [0.2, 0.25) is 10.0 Å². The Morgan fingerprint density at radius 1 is 1.05 bits per heavy atom. The molecule has 0 aromatic heterocycles. The molecule has 224 valence electrons. The minimum Gasteiger partial charge on any atom is -0.480 e. The maximum Gasteiger partial charge on any atom is 0.490 e.